The molecule has 1 aromatic heterocycles. The Hall–Kier alpha value is -2.27. The molecule has 2 aromatic rings. The summed E-state index contributed by atoms with van der Waals surface area (Å²) >= 11 is 5.94. The monoisotopic (exact) mass is 331 g/mol. The van der Waals surface area contributed by atoms with E-state index in [1.54, 1.807) is 29.4 Å². The van der Waals surface area contributed by atoms with Gasteiger partial charge in [-0.25, -0.2) is 4.79 Å². The van der Waals surface area contributed by atoms with E-state index >= 15 is 0 Å². The van der Waals surface area contributed by atoms with Crippen LogP contribution in [0.25, 0.3) is 0 Å². The third-order valence-electron chi connectivity index (χ3n) is 3.69. The highest BCUT2D eigenvalue weighted by atomic mass is 35.5. The van der Waals surface area contributed by atoms with Gasteiger partial charge >= 0.3 is 6.03 Å². The first-order valence-corrected chi connectivity index (χ1v) is 7.97. The zero-order valence-corrected chi connectivity index (χ0v) is 13.4. The van der Waals surface area contributed by atoms with Crippen LogP contribution in [-0.2, 0) is 0 Å². The molecule has 0 spiro atoms. The number of nitrogens with zero attached hydrogens (tertiary/aromatic N) is 2. The Kier molecular flexibility index (Phi) is 4.98. The van der Waals surface area contributed by atoms with Crippen molar-refractivity contribution in [3.8, 4) is 5.75 Å². The minimum atomic E-state index is -0.129. The Morgan fingerprint density at radius 2 is 2.13 bits per heavy atom. The number of ether oxygens (including phenoxy) is 1. The molecular formula is C17H18ClN3O2. The minimum absolute atomic E-state index is 0.00346. The van der Waals surface area contributed by atoms with Crippen LogP contribution < -0.4 is 10.1 Å². The highest BCUT2D eigenvalue weighted by Crippen LogP contribution is 2.19. The Labute approximate surface area is 140 Å². The molecule has 2 amide bonds. The van der Waals surface area contributed by atoms with E-state index in [0.717, 1.165) is 25.1 Å². The van der Waals surface area contributed by atoms with Gasteiger partial charge < -0.3 is 15.0 Å². The van der Waals surface area contributed by atoms with Crippen molar-refractivity contribution in [2.45, 2.75) is 18.9 Å². The van der Waals surface area contributed by atoms with E-state index in [1.165, 1.54) is 0 Å². The number of benzene rings is 1. The third-order valence-corrected chi connectivity index (χ3v) is 3.93. The van der Waals surface area contributed by atoms with Crippen molar-refractivity contribution in [3.05, 3.63) is 53.8 Å². The summed E-state index contributed by atoms with van der Waals surface area (Å²) < 4.78 is 5.92. The number of hydrogen-bond donors (Lipinski definition) is 1. The van der Waals surface area contributed by atoms with Crippen LogP contribution in [0, 0.1) is 0 Å². The van der Waals surface area contributed by atoms with E-state index in [-0.39, 0.29) is 12.1 Å². The average molecular weight is 332 g/mol. The molecule has 1 fully saturated rings. The number of piperidine rings is 1. The molecule has 1 atom stereocenters. The van der Waals surface area contributed by atoms with Gasteiger partial charge in [0.1, 0.15) is 11.9 Å². The first kappa shape index (κ1) is 15.6. The third kappa shape index (κ3) is 4.36. The Morgan fingerprint density at radius 3 is 2.91 bits per heavy atom. The van der Waals surface area contributed by atoms with E-state index in [9.17, 15) is 4.79 Å². The van der Waals surface area contributed by atoms with Gasteiger partial charge in [0.15, 0.2) is 0 Å². The van der Waals surface area contributed by atoms with Crippen LogP contribution in [0.2, 0.25) is 5.02 Å². The summed E-state index contributed by atoms with van der Waals surface area (Å²) in [5.74, 6) is 0.780. The van der Waals surface area contributed by atoms with Gasteiger partial charge in [-0.05, 0) is 43.2 Å². The maximum atomic E-state index is 12.4. The second kappa shape index (κ2) is 7.33. The highest BCUT2D eigenvalue weighted by molar-refractivity contribution is 6.30. The number of nitrogens with one attached hydrogen (secondary N) is 1. The largest absolute Gasteiger partial charge is 0.488 e. The minimum Gasteiger partial charge on any atom is -0.488 e. The molecule has 2 heterocycles. The molecule has 1 N–H and O–H groups in total. The topological polar surface area (TPSA) is 54.5 Å². The SMILES string of the molecule is O=C(Nc1cccc(Cl)c1)N1CCCC(Oc2ccncc2)C1. The van der Waals surface area contributed by atoms with Crippen LogP contribution >= 0.6 is 11.6 Å². The average Bonchev–Trinajstić information content (AvgIpc) is 2.56. The smallest absolute Gasteiger partial charge is 0.321 e. The number of urea groups is 1. The van der Waals surface area contributed by atoms with Crippen molar-refractivity contribution in [2.24, 2.45) is 0 Å². The first-order valence-electron chi connectivity index (χ1n) is 7.59. The van der Waals surface area contributed by atoms with Crippen LogP contribution in [0.1, 0.15) is 12.8 Å². The van der Waals surface area contributed by atoms with Gasteiger partial charge in [0.2, 0.25) is 0 Å². The van der Waals surface area contributed by atoms with Crippen molar-refractivity contribution in [1.82, 2.24) is 9.88 Å². The van der Waals surface area contributed by atoms with Gasteiger partial charge in [0.05, 0.1) is 6.54 Å². The number of rotatable bonds is 3. The van der Waals surface area contributed by atoms with E-state index in [1.807, 2.05) is 24.3 Å². The number of likely N-dealkylation sites (tertiary alicyclic amines) is 1. The van der Waals surface area contributed by atoms with Crippen LogP contribution in [0.5, 0.6) is 5.75 Å². The van der Waals surface area contributed by atoms with Gasteiger partial charge in [-0.15, -0.1) is 0 Å². The number of aromatic nitrogens is 1. The number of anilines is 1. The number of carbonyl (C=O) groups excluding carboxylic acids is 1. The molecule has 0 bridgehead atoms. The zero-order valence-electron chi connectivity index (χ0n) is 12.6. The lowest BCUT2D eigenvalue weighted by molar-refractivity contribution is 0.106. The summed E-state index contributed by atoms with van der Waals surface area (Å²) in [5, 5.41) is 3.47. The Bertz CT molecular complexity index is 666. The molecule has 6 heteroatoms. The fraction of sp³-hybridized carbons (Fsp3) is 0.294. The van der Waals surface area contributed by atoms with E-state index < -0.39 is 0 Å². The lowest BCUT2D eigenvalue weighted by atomic mass is 10.1. The van der Waals surface area contributed by atoms with Crippen molar-refractivity contribution in [3.63, 3.8) is 0 Å². The number of halogens is 1. The standard InChI is InChI=1S/C17H18ClN3O2/c18-13-3-1-4-14(11-13)20-17(22)21-10-2-5-16(12-21)23-15-6-8-19-9-7-15/h1,3-4,6-9,11,16H,2,5,10,12H2,(H,20,22). The van der Waals surface area contributed by atoms with Crippen molar-refractivity contribution >= 4 is 23.3 Å². The normalized spacial score (nSPS) is 17.6. The van der Waals surface area contributed by atoms with Gasteiger partial charge in [0, 0.05) is 29.6 Å². The maximum absolute atomic E-state index is 12.4. The second-order valence-electron chi connectivity index (χ2n) is 5.45. The Balaban J connectivity index is 1.58. The molecule has 1 aromatic carbocycles. The maximum Gasteiger partial charge on any atom is 0.321 e. The summed E-state index contributed by atoms with van der Waals surface area (Å²) in [5.41, 5.74) is 0.694. The molecule has 5 nitrogen and oxygen atoms in total. The molecule has 1 unspecified atom stereocenters. The van der Waals surface area contributed by atoms with Gasteiger partial charge in [-0.2, -0.15) is 0 Å². The fourth-order valence-corrected chi connectivity index (χ4v) is 2.79. The summed E-state index contributed by atoms with van der Waals surface area (Å²) in [6.45, 7) is 1.29. The summed E-state index contributed by atoms with van der Waals surface area (Å²) in [7, 11) is 0. The molecule has 0 saturated carbocycles. The number of hydrogen-bond acceptors (Lipinski definition) is 3. The van der Waals surface area contributed by atoms with E-state index in [2.05, 4.69) is 10.3 Å². The van der Waals surface area contributed by atoms with Crippen molar-refractivity contribution in [2.75, 3.05) is 18.4 Å². The lowest BCUT2D eigenvalue weighted by Crippen LogP contribution is -2.46. The van der Waals surface area contributed by atoms with Crippen molar-refractivity contribution < 1.29 is 9.53 Å². The number of carbonyl (C=O) groups is 1. The summed E-state index contributed by atoms with van der Waals surface area (Å²) in [4.78, 5) is 18.1. The summed E-state index contributed by atoms with van der Waals surface area (Å²) in [6.07, 6.45) is 5.24. The molecule has 0 radical (unpaired) electrons. The highest BCUT2D eigenvalue weighted by Gasteiger charge is 2.25. The molecule has 1 saturated heterocycles. The number of pyridine rings is 1. The fourth-order valence-electron chi connectivity index (χ4n) is 2.60. The molecule has 1 aliphatic rings. The molecule has 120 valence electrons. The molecule has 23 heavy (non-hydrogen) atoms. The first-order chi connectivity index (χ1) is 11.2. The molecule has 1 aliphatic heterocycles. The predicted molar refractivity (Wildman–Crippen MR) is 89.9 cm³/mol. The van der Waals surface area contributed by atoms with Crippen LogP contribution in [0.15, 0.2) is 48.8 Å². The quantitative estimate of drug-likeness (QED) is 0.930. The lowest BCUT2D eigenvalue weighted by Gasteiger charge is -2.32. The van der Waals surface area contributed by atoms with Crippen LogP contribution in [0.4, 0.5) is 10.5 Å². The molecular weight excluding hydrogens is 314 g/mol. The van der Waals surface area contributed by atoms with Crippen LogP contribution in [-0.4, -0.2) is 35.1 Å². The van der Waals surface area contributed by atoms with Gasteiger partial charge in [-0.3, -0.25) is 4.98 Å². The van der Waals surface area contributed by atoms with E-state index in [4.69, 9.17) is 16.3 Å². The van der Waals surface area contributed by atoms with Gasteiger partial charge in [0.25, 0.3) is 0 Å². The number of amides is 2. The zero-order chi connectivity index (χ0) is 16.1. The van der Waals surface area contributed by atoms with Gasteiger partial charge in [-0.1, -0.05) is 17.7 Å². The van der Waals surface area contributed by atoms with Crippen molar-refractivity contribution in [1.29, 1.82) is 0 Å². The predicted octanol–water partition coefficient (Wildman–Crippen LogP) is 3.81. The molecule has 0 aliphatic carbocycles. The second-order valence-corrected chi connectivity index (χ2v) is 5.89. The molecule has 3 rings (SSSR count). The van der Waals surface area contributed by atoms with Crippen LogP contribution in [0.3, 0.4) is 0 Å². The van der Waals surface area contributed by atoms with E-state index in [0.29, 0.717) is 17.3 Å². The summed E-state index contributed by atoms with van der Waals surface area (Å²) in [6, 6.07) is 10.7. The Morgan fingerprint density at radius 1 is 1.30 bits per heavy atom.